The number of amides is 1. The Morgan fingerprint density at radius 1 is 1.43 bits per heavy atom. The van der Waals surface area contributed by atoms with E-state index in [4.69, 9.17) is 15.7 Å². The Labute approximate surface area is 124 Å². The average Bonchev–Trinajstić information content (AvgIpc) is 2.48. The standard InChI is InChI=1S/C15H21N3O3/c1-15(7-2-8-15)10-17-13(19)9-21-12-5-3-11(4-6-12)14(16)18-20/h3-6,20H,2,7-10H2,1H3,(H2,16,18)(H,17,19). The molecule has 0 spiro atoms. The molecule has 1 aliphatic rings. The van der Waals surface area contributed by atoms with Crippen molar-refractivity contribution in [2.24, 2.45) is 16.3 Å². The summed E-state index contributed by atoms with van der Waals surface area (Å²) in [6, 6.07) is 6.68. The molecule has 0 saturated heterocycles. The fraction of sp³-hybridized carbons (Fsp3) is 0.467. The highest BCUT2D eigenvalue weighted by Gasteiger charge is 2.31. The van der Waals surface area contributed by atoms with Gasteiger partial charge in [0.05, 0.1) is 0 Å². The Bertz CT molecular complexity index is 521. The summed E-state index contributed by atoms with van der Waals surface area (Å²) >= 11 is 0. The van der Waals surface area contributed by atoms with E-state index in [0.717, 1.165) is 0 Å². The van der Waals surface area contributed by atoms with Crippen LogP contribution < -0.4 is 15.8 Å². The van der Waals surface area contributed by atoms with E-state index in [9.17, 15) is 4.79 Å². The highest BCUT2D eigenvalue weighted by molar-refractivity contribution is 5.97. The number of nitrogens with one attached hydrogen (secondary N) is 1. The largest absolute Gasteiger partial charge is 0.484 e. The van der Waals surface area contributed by atoms with Crippen molar-refractivity contribution in [2.45, 2.75) is 26.2 Å². The Kier molecular flexibility index (Phi) is 4.67. The molecule has 2 rings (SSSR count). The van der Waals surface area contributed by atoms with E-state index in [2.05, 4.69) is 17.4 Å². The van der Waals surface area contributed by atoms with Crippen molar-refractivity contribution in [1.29, 1.82) is 0 Å². The lowest BCUT2D eigenvalue weighted by atomic mass is 9.70. The minimum atomic E-state index is -0.122. The zero-order valence-corrected chi connectivity index (χ0v) is 12.1. The zero-order chi connectivity index (χ0) is 15.3. The number of benzene rings is 1. The van der Waals surface area contributed by atoms with Crippen LogP contribution >= 0.6 is 0 Å². The van der Waals surface area contributed by atoms with Crippen molar-refractivity contribution in [3.63, 3.8) is 0 Å². The van der Waals surface area contributed by atoms with Crippen molar-refractivity contribution in [2.75, 3.05) is 13.2 Å². The van der Waals surface area contributed by atoms with Crippen LogP contribution in [0.3, 0.4) is 0 Å². The third-order valence-electron chi connectivity index (χ3n) is 3.90. The molecule has 1 aromatic rings. The summed E-state index contributed by atoms with van der Waals surface area (Å²) in [5, 5.41) is 14.4. The lowest BCUT2D eigenvalue weighted by Crippen LogP contribution is -2.41. The summed E-state index contributed by atoms with van der Waals surface area (Å²) in [5.74, 6) is 0.478. The zero-order valence-electron chi connectivity index (χ0n) is 12.1. The molecule has 21 heavy (non-hydrogen) atoms. The molecule has 1 aliphatic carbocycles. The second kappa shape index (κ2) is 6.47. The molecule has 1 amide bonds. The number of nitrogens with zero attached hydrogens (tertiary/aromatic N) is 1. The summed E-state index contributed by atoms with van der Waals surface area (Å²) in [5.41, 5.74) is 6.31. The molecule has 1 aromatic carbocycles. The number of hydrogen-bond acceptors (Lipinski definition) is 4. The SMILES string of the molecule is CC1(CNC(=O)COc2ccc(/C(N)=N/O)cc2)CCC1. The van der Waals surface area contributed by atoms with Gasteiger partial charge in [0.15, 0.2) is 12.4 Å². The molecule has 4 N–H and O–H groups in total. The normalized spacial score (nSPS) is 16.9. The van der Waals surface area contributed by atoms with Crippen LogP contribution in [0.1, 0.15) is 31.7 Å². The molecule has 0 radical (unpaired) electrons. The first kappa shape index (κ1) is 15.2. The number of carbonyl (C=O) groups excluding carboxylic acids is 1. The quantitative estimate of drug-likeness (QED) is 0.320. The van der Waals surface area contributed by atoms with Gasteiger partial charge in [0.1, 0.15) is 5.75 Å². The van der Waals surface area contributed by atoms with E-state index < -0.39 is 0 Å². The van der Waals surface area contributed by atoms with Gasteiger partial charge in [-0.3, -0.25) is 4.79 Å². The fourth-order valence-corrected chi connectivity index (χ4v) is 2.25. The van der Waals surface area contributed by atoms with Gasteiger partial charge in [-0.25, -0.2) is 0 Å². The Hall–Kier alpha value is -2.24. The van der Waals surface area contributed by atoms with Gasteiger partial charge in [-0.05, 0) is 42.5 Å². The highest BCUT2D eigenvalue weighted by atomic mass is 16.5. The molecular formula is C15H21N3O3. The summed E-state index contributed by atoms with van der Waals surface area (Å²) in [6.07, 6.45) is 3.59. The molecule has 114 valence electrons. The molecule has 0 aromatic heterocycles. The van der Waals surface area contributed by atoms with Gasteiger partial charge in [-0.15, -0.1) is 0 Å². The Morgan fingerprint density at radius 3 is 2.62 bits per heavy atom. The molecule has 1 fully saturated rings. The van der Waals surface area contributed by atoms with E-state index in [0.29, 0.717) is 17.9 Å². The van der Waals surface area contributed by atoms with Crippen molar-refractivity contribution < 1.29 is 14.7 Å². The number of oxime groups is 1. The van der Waals surface area contributed by atoms with Crippen LogP contribution in [0, 0.1) is 5.41 Å². The number of carbonyl (C=O) groups is 1. The molecule has 0 bridgehead atoms. The predicted molar refractivity (Wildman–Crippen MR) is 79.4 cm³/mol. The number of rotatable bonds is 6. The highest BCUT2D eigenvalue weighted by Crippen LogP contribution is 2.39. The van der Waals surface area contributed by atoms with Crippen molar-refractivity contribution in [1.82, 2.24) is 5.32 Å². The molecule has 6 heteroatoms. The van der Waals surface area contributed by atoms with Gasteiger partial charge in [-0.1, -0.05) is 18.5 Å². The first-order valence-electron chi connectivity index (χ1n) is 7.00. The average molecular weight is 291 g/mol. The molecule has 0 heterocycles. The third kappa shape index (κ3) is 4.11. The second-order valence-corrected chi connectivity index (χ2v) is 5.74. The van der Waals surface area contributed by atoms with Crippen LogP contribution in [0.25, 0.3) is 0 Å². The van der Waals surface area contributed by atoms with Crippen LogP contribution in [0.2, 0.25) is 0 Å². The van der Waals surface area contributed by atoms with E-state index >= 15 is 0 Å². The van der Waals surface area contributed by atoms with Gasteiger partial charge < -0.3 is 21.0 Å². The number of amidine groups is 1. The van der Waals surface area contributed by atoms with Gasteiger partial charge >= 0.3 is 0 Å². The van der Waals surface area contributed by atoms with E-state index in [1.165, 1.54) is 19.3 Å². The van der Waals surface area contributed by atoms with E-state index in [1.807, 2.05) is 0 Å². The monoisotopic (exact) mass is 291 g/mol. The maximum Gasteiger partial charge on any atom is 0.257 e. The number of ether oxygens (including phenoxy) is 1. The van der Waals surface area contributed by atoms with Gasteiger partial charge in [0.2, 0.25) is 0 Å². The molecule has 1 saturated carbocycles. The summed E-state index contributed by atoms with van der Waals surface area (Å²) in [7, 11) is 0. The topological polar surface area (TPSA) is 96.9 Å². The van der Waals surface area contributed by atoms with Crippen LogP contribution in [-0.4, -0.2) is 30.1 Å². The van der Waals surface area contributed by atoms with Crippen LogP contribution in [-0.2, 0) is 4.79 Å². The van der Waals surface area contributed by atoms with Crippen LogP contribution in [0.15, 0.2) is 29.4 Å². The first-order valence-corrected chi connectivity index (χ1v) is 7.00. The van der Waals surface area contributed by atoms with Gasteiger partial charge in [0.25, 0.3) is 5.91 Å². The minimum Gasteiger partial charge on any atom is -0.484 e. The first-order chi connectivity index (χ1) is 10.0. The molecule has 0 atom stereocenters. The Balaban J connectivity index is 1.76. The molecule has 0 unspecified atom stereocenters. The van der Waals surface area contributed by atoms with Crippen molar-refractivity contribution in [3.05, 3.63) is 29.8 Å². The second-order valence-electron chi connectivity index (χ2n) is 5.74. The molecule has 6 nitrogen and oxygen atoms in total. The number of hydrogen-bond donors (Lipinski definition) is 3. The molecular weight excluding hydrogens is 270 g/mol. The summed E-state index contributed by atoms with van der Waals surface area (Å²) in [4.78, 5) is 11.7. The fourth-order valence-electron chi connectivity index (χ4n) is 2.25. The van der Waals surface area contributed by atoms with Crippen molar-refractivity contribution >= 4 is 11.7 Å². The Morgan fingerprint density at radius 2 is 2.10 bits per heavy atom. The maximum absolute atomic E-state index is 11.7. The minimum absolute atomic E-state index is 0.0149. The lowest BCUT2D eigenvalue weighted by molar-refractivity contribution is -0.123. The maximum atomic E-state index is 11.7. The van der Waals surface area contributed by atoms with Gasteiger partial charge in [-0.2, -0.15) is 0 Å². The predicted octanol–water partition coefficient (Wildman–Crippen LogP) is 1.47. The van der Waals surface area contributed by atoms with Crippen molar-refractivity contribution in [3.8, 4) is 5.75 Å². The van der Waals surface area contributed by atoms with Gasteiger partial charge in [0, 0.05) is 12.1 Å². The van der Waals surface area contributed by atoms with Crippen LogP contribution in [0.4, 0.5) is 0 Å². The summed E-state index contributed by atoms with van der Waals surface area (Å²) < 4.78 is 5.40. The third-order valence-corrected chi connectivity index (χ3v) is 3.90. The number of nitrogens with two attached hydrogens (primary N) is 1. The smallest absolute Gasteiger partial charge is 0.257 e. The summed E-state index contributed by atoms with van der Waals surface area (Å²) in [6.45, 7) is 2.88. The molecule has 0 aliphatic heterocycles. The lowest BCUT2D eigenvalue weighted by Gasteiger charge is -2.38. The van der Waals surface area contributed by atoms with E-state index in [1.54, 1.807) is 24.3 Å². The van der Waals surface area contributed by atoms with Crippen LogP contribution in [0.5, 0.6) is 5.75 Å². The van der Waals surface area contributed by atoms with E-state index in [-0.39, 0.29) is 23.8 Å².